The molecular formula is C53H63N7O17S. The molecule has 0 bridgehead atoms. The summed E-state index contributed by atoms with van der Waals surface area (Å²) in [5, 5.41) is 17.0. The minimum atomic E-state index is -1.05. The van der Waals surface area contributed by atoms with E-state index in [-0.39, 0.29) is 139 Å². The lowest BCUT2D eigenvalue weighted by Gasteiger charge is -2.24. The van der Waals surface area contributed by atoms with Crippen molar-refractivity contribution in [3.05, 3.63) is 76.3 Å². The number of carbonyl (C=O) groups excluding carboxylic acids is 8. The Bertz CT molecular complexity index is 2850. The molecule has 0 spiro atoms. The summed E-state index contributed by atoms with van der Waals surface area (Å²) in [6, 6.07) is 9.74. The van der Waals surface area contributed by atoms with Crippen molar-refractivity contribution in [2.75, 3.05) is 65.7 Å². The molecule has 0 saturated heterocycles. The lowest BCUT2D eigenvalue weighted by atomic mass is 10.0. The summed E-state index contributed by atoms with van der Waals surface area (Å²) in [5.74, 6) is -3.52. The number of pyridine rings is 2. The van der Waals surface area contributed by atoms with Gasteiger partial charge in [0.1, 0.15) is 18.7 Å². The van der Waals surface area contributed by atoms with Gasteiger partial charge in [-0.15, -0.1) is 11.3 Å². The standard InChI is InChI=1S/C53H63N7O17S/c1-31(2)49(58-43(62)17-21-73-23-24-74-22-18-60-45(64)12-13-46(60)65)51(70)54-32(3)50(69)55-35-9-7-33(8-10-35)30-77-48(68)16-14-44(63)59-28-34-25-39(71-4)52(57-37(34)29-59)75-19-6-20-76-53-40(72-5)27-41-36(56-53)26-42(78-41)38(61)11-15-47(66)67/h7-10,12-13,25-27,31-32,49H,6,11,14-24,28-30H2,1-5H3,(H,54,70)(H,55,69)(H,58,62)(H,66,67)/t32-,49-/m0/s1. The molecule has 2 aliphatic heterocycles. The van der Waals surface area contributed by atoms with Gasteiger partial charge in [0.15, 0.2) is 17.3 Å². The number of esters is 1. The van der Waals surface area contributed by atoms with Crippen molar-refractivity contribution in [1.29, 1.82) is 0 Å². The second-order valence-electron chi connectivity index (χ2n) is 18.2. The first-order valence-corrected chi connectivity index (χ1v) is 25.9. The van der Waals surface area contributed by atoms with E-state index in [0.29, 0.717) is 50.0 Å². The molecule has 0 fully saturated rings. The van der Waals surface area contributed by atoms with Gasteiger partial charge in [-0.05, 0) is 48.2 Å². The number of ether oxygens (including phenoxy) is 7. The first-order valence-electron chi connectivity index (χ1n) is 25.1. The van der Waals surface area contributed by atoms with Gasteiger partial charge in [-0.2, -0.15) is 0 Å². The number of carboxylic acid groups (broad SMARTS) is 1. The van der Waals surface area contributed by atoms with Crippen LogP contribution in [-0.4, -0.2) is 151 Å². The number of Topliss-reactive ketones (excluding diaryl/α,β-unsaturated/α-hetero) is 1. The maximum Gasteiger partial charge on any atom is 0.306 e. The second kappa shape index (κ2) is 28.9. The Morgan fingerprint density at radius 2 is 1.40 bits per heavy atom. The molecule has 0 unspecified atom stereocenters. The fourth-order valence-electron chi connectivity index (χ4n) is 7.74. The summed E-state index contributed by atoms with van der Waals surface area (Å²) < 4.78 is 39.8. The van der Waals surface area contributed by atoms with Crippen LogP contribution in [0.25, 0.3) is 10.2 Å². The average molecular weight is 1100 g/mol. The molecule has 24 nitrogen and oxygen atoms in total. The molecule has 0 saturated carbocycles. The van der Waals surface area contributed by atoms with E-state index in [2.05, 4.69) is 25.9 Å². The number of anilines is 1. The van der Waals surface area contributed by atoms with E-state index in [1.54, 1.807) is 61.2 Å². The summed E-state index contributed by atoms with van der Waals surface area (Å²) in [6.07, 6.45) is 2.16. The zero-order chi connectivity index (χ0) is 56.3. The van der Waals surface area contributed by atoms with E-state index in [0.717, 1.165) is 10.5 Å². The van der Waals surface area contributed by atoms with Crippen molar-refractivity contribution in [1.82, 2.24) is 30.4 Å². The number of thiophene rings is 1. The molecule has 418 valence electrons. The van der Waals surface area contributed by atoms with Crippen molar-refractivity contribution in [3.63, 3.8) is 0 Å². The highest BCUT2D eigenvalue weighted by Crippen LogP contribution is 2.35. The SMILES string of the molecule is COc1cc2c(nc1OCCCOc1nc3cc(C(=O)CCC(=O)O)sc3cc1OC)CN(C(=O)CCC(=O)OCc1ccc(NC(=O)[C@H](C)NC(=O)[C@@H](NC(=O)CCOCCOCCN3C(=O)C=CC3=O)C(C)C)cc1)C2. The first-order chi connectivity index (χ1) is 37.4. The third-order valence-corrected chi connectivity index (χ3v) is 13.2. The van der Waals surface area contributed by atoms with Crippen molar-refractivity contribution in [3.8, 4) is 23.3 Å². The van der Waals surface area contributed by atoms with E-state index < -0.39 is 41.7 Å². The van der Waals surface area contributed by atoms with Gasteiger partial charge in [0.25, 0.3) is 23.6 Å². The van der Waals surface area contributed by atoms with Crippen LogP contribution in [0.15, 0.2) is 54.6 Å². The van der Waals surface area contributed by atoms with E-state index >= 15 is 0 Å². The zero-order valence-corrected chi connectivity index (χ0v) is 44.7. The van der Waals surface area contributed by atoms with Crippen LogP contribution in [0.2, 0.25) is 0 Å². The predicted molar refractivity (Wildman–Crippen MR) is 279 cm³/mol. The van der Waals surface area contributed by atoms with Gasteiger partial charge in [-0.25, -0.2) is 9.97 Å². The molecule has 4 N–H and O–H groups in total. The van der Waals surface area contributed by atoms with Crippen LogP contribution in [0.4, 0.5) is 5.69 Å². The quantitative estimate of drug-likeness (QED) is 0.0233. The van der Waals surface area contributed by atoms with Crippen molar-refractivity contribution in [2.24, 2.45) is 5.92 Å². The fourth-order valence-corrected chi connectivity index (χ4v) is 8.73. The van der Waals surface area contributed by atoms with Crippen LogP contribution < -0.4 is 34.9 Å². The monoisotopic (exact) mass is 1100 g/mol. The van der Waals surface area contributed by atoms with Crippen LogP contribution >= 0.6 is 11.3 Å². The number of hydrogen-bond acceptors (Lipinski definition) is 19. The Kier molecular flexibility index (Phi) is 22.0. The molecule has 1 aromatic carbocycles. The Hall–Kier alpha value is -8.03. The molecule has 6 rings (SSSR count). The van der Waals surface area contributed by atoms with Crippen molar-refractivity contribution in [2.45, 2.75) is 91.1 Å². The van der Waals surface area contributed by atoms with E-state index in [1.807, 2.05) is 0 Å². The number of imide groups is 1. The van der Waals surface area contributed by atoms with Crippen LogP contribution in [-0.2, 0) is 72.3 Å². The molecule has 5 heterocycles. The number of benzene rings is 1. The van der Waals surface area contributed by atoms with Crippen LogP contribution in [0, 0.1) is 5.92 Å². The zero-order valence-electron chi connectivity index (χ0n) is 43.9. The number of fused-ring (bicyclic) bond motifs is 2. The Morgan fingerprint density at radius 1 is 0.731 bits per heavy atom. The molecule has 0 radical (unpaired) electrons. The number of aliphatic carboxylic acids is 1. The largest absolute Gasteiger partial charge is 0.491 e. The highest BCUT2D eigenvalue weighted by atomic mass is 32.1. The highest BCUT2D eigenvalue weighted by Gasteiger charge is 2.29. The number of carbonyl (C=O) groups is 9. The lowest BCUT2D eigenvalue weighted by molar-refractivity contribution is -0.147. The molecule has 3 aromatic heterocycles. The summed E-state index contributed by atoms with van der Waals surface area (Å²) in [4.78, 5) is 123. The minimum Gasteiger partial charge on any atom is -0.491 e. The Morgan fingerprint density at radius 3 is 2.06 bits per heavy atom. The number of aromatic nitrogens is 2. The maximum atomic E-state index is 13.2. The molecule has 2 atom stereocenters. The maximum absolute atomic E-state index is 13.2. The molecule has 6 amide bonds. The van der Waals surface area contributed by atoms with Gasteiger partial charge in [-0.3, -0.25) is 48.1 Å². The van der Waals surface area contributed by atoms with Gasteiger partial charge in [-0.1, -0.05) is 26.0 Å². The lowest BCUT2D eigenvalue weighted by Crippen LogP contribution is -2.53. The van der Waals surface area contributed by atoms with E-state index in [4.69, 9.17) is 38.3 Å². The van der Waals surface area contributed by atoms with Crippen LogP contribution in [0.5, 0.6) is 23.3 Å². The smallest absolute Gasteiger partial charge is 0.306 e. The molecule has 2 aliphatic rings. The van der Waals surface area contributed by atoms with Gasteiger partial charge in [0.05, 0.1) is 101 Å². The number of methoxy groups -OCH3 is 2. The topological polar surface area (TPSA) is 307 Å². The first kappa shape index (κ1) is 59.2. The van der Waals surface area contributed by atoms with E-state index in [1.165, 1.54) is 44.6 Å². The molecular weight excluding hydrogens is 1040 g/mol. The highest BCUT2D eigenvalue weighted by molar-refractivity contribution is 7.20. The van der Waals surface area contributed by atoms with Crippen LogP contribution in [0.3, 0.4) is 0 Å². The van der Waals surface area contributed by atoms with Gasteiger partial charge < -0.3 is 59.1 Å². The third-order valence-electron chi connectivity index (χ3n) is 12.0. The normalized spacial score (nSPS) is 13.5. The van der Waals surface area contributed by atoms with Crippen molar-refractivity contribution < 1.29 is 81.4 Å². The molecule has 4 aromatic rings. The number of hydrogen-bond donors (Lipinski definition) is 4. The van der Waals surface area contributed by atoms with E-state index in [9.17, 15) is 43.2 Å². The number of ketones is 1. The Labute approximate surface area is 453 Å². The van der Waals surface area contributed by atoms with Gasteiger partial charge >= 0.3 is 11.9 Å². The van der Waals surface area contributed by atoms with Crippen molar-refractivity contribution >= 4 is 80.4 Å². The number of carboxylic acids is 1. The predicted octanol–water partition coefficient (Wildman–Crippen LogP) is 3.90. The second-order valence-corrected chi connectivity index (χ2v) is 19.3. The summed E-state index contributed by atoms with van der Waals surface area (Å²) in [5.41, 5.74) is 2.97. The van der Waals surface area contributed by atoms with Crippen LogP contribution in [0.1, 0.15) is 85.8 Å². The molecule has 0 aliphatic carbocycles. The number of nitrogens with one attached hydrogen (secondary N) is 3. The molecule has 78 heavy (non-hydrogen) atoms. The molecule has 25 heteroatoms. The van der Waals surface area contributed by atoms with Gasteiger partial charge in [0.2, 0.25) is 23.6 Å². The summed E-state index contributed by atoms with van der Waals surface area (Å²) >= 11 is 1.20. The number of rotatable bonds is 32. The number of nitrogens with zero attached hydrogens (tertiary/aromatic N) is 4. The number of amides is 6. The third kappa shape index (κ3) is 17.2. The summed E-state index contributed by atoms with van der Waals surface area (Å²) in [6.45, 7) is 6.50. The average Bonchev–Trinajstić information content (AvgIpc) is 4.16. The minimum absolute atomic E-state index is 0.0291. The Balaban J connectivity index is 0.848. The fraction of sp³-hybridized carbons (Fsp3) is 0.453. The summed E-state index contributed by atoms with van der Waals surface area (Å²) in [7, 11) is 2.96. The van der Waals surface area contributed by atoms with Gasteiger partial charge in [0, 0.05) is 56.1 Å².